The fraction of sp³-hybridized carbons (Fsp3) is 0.333. The van der Waals surface area contributed by atoms with Crippen molar-refractivity contribution in [3.63, 3.8) is 0 Å². The Morgan fingerprint density at radius 3 is 2.78 bits per heavy atom. The maximum absolute atomic E-state index is 12.2. The number of ether oxygens (including phenoxy) is 1. The lowest BCUT2D eigenvalue weighted by atomic mass is 10.1. The first-order valence-electron chi connectivity index (χ1n) is 7.05. The van der Waals surface area contributed by atoms with Crippen molar-refractivity contribution in [2.75, 3.05) is 6.61 Å². The van der Waals surface area contributed by atoms with Crippen LogP contribution in [-0.2, 0) is 16.6 Å². The van der Waals surface area contributed by atoms with Gasteiger partial charge < -0.3 is 15.0 Å². The minimum Gasteiger partial charge on any atom is -0.464 e. The number of aromatic nitrogens is 2. The van der Waals surface area contributed by atoms with E-state index >= 15 is 0 Å². The molecule has 1 aromatic heterocycles. The molecule has 0 aliphatic heterocycles. The van der Waals surface area contributed by atoms with Gasteiger partial charge in [0.25, 0.3) is 11.5 Å². The van der Waals surface area contributed by atoms with E-state index in [1.807, 2.05) is 0 Å². The van der Waals surface area contributed by atoms with E-state index in [0.29, 0.717) is 16.5 Å². The van der Waals surface area contributed by atoms with Crippen LogP contribution in [0.5, 0.6) is 0 Å². The van der Waals surface area contributed by atoms with Gasteiger partial charge in [0.05, 0.1) is 17.5 Å². The molecule has 1 heterocycles. The average Bonchev–Trinajstić information content (AvgIpc) is 2.52. The Morgan fingerprint density at radius 2 is 2.13 bits per heavy atom. The molecule has 0 saturated carbocycles. The van der Waals surface area contributed by atoms with Crippen LogP contribution in [0.15, 0.2) is 23.0 Å². The average molecular weight is 335 g/mol. The van der Waals surface area contributed by atoms with Crippen LogP contribution in [0.3, 0.4) is 0 Å². The van der Waals surface area contributed by atoms with E-state index in [1.54, 1.807) is 27.0 Å². The number of carbonyl (C=O) groups excluding carboxylic acids is 2. The third-order valence-electron chi connectivity index (χ3n) is 3.35. The van der Waals surface area contributed by atoms with E-state index in [1.165, 1.54) is 16.7 Å². The Hall–Kier alpha value is -2.48. The van der Waals surface area contributed by atoms with Crippen LogP contribution >= 0.6 is 12.2 Å². The molecule has 2 rings (SSSR count). The number of carbonyl (C=O) groups is 2. The Kier molecular flexibility index (Phi) is 4.95. The first kappa shape index (κ1) is 16.9. The zero-order chi connectivity index (χ0) is 17.1. The van der Waals surface area contributed by atoms with Gasteiger partial charge in [-0.25, -0.2) is 4.79 Å². The van der Waals surface area contributed by atoms with Crippen LogP contribution < -0.4 is 10.9 Å². The van der Waals surface area contributed by atoms with E-state index in [4.69, 9.17) is 17.0 Å². The topological polar surface area (TPSA) is 93.2 Å². The van der Waals surface area contributed by atoms with Crippen LogP contribution in [0.2, 0.25) is 0 Å². The van der Waals surface area contributed by atoms with Crippen LogP contribution in [0, 0.1) is 4.77 Å². The monoisotopic (exact) mass is 335 g/mol. The highest BCUT2D eigenvalue weighted by Gasteiger charge is 2.18. The molecule has 0 saturated heterocycles. The smallest absolute Gasteiger partial charge is 0.328 e. The lowest BCUT2D eigenvalue weighted by Gasteiger charge is -2.13. The van der Waals surface area contributed by atoms with Crippen molar-refractivity contribution < 1.29 is 14.3 Å². The van der Waals surface area contributed by atoms with Crippen molar-refractivity contribution in [2.45, 2.75) is 19.9 Å². The van der Waals surface area contributed by atoms with Gasteiger partial charge >= 0.3 is 5.97 Å². The second-order valence-electron chi connectivity index (χ2n) is 5.00. The van der Waals surface area contributed by atoms with Gasteiger partial charge in [-0.1, -0.05) is 0 Å². The number of amides is 1. The molecule has 8 heteroatoms. The molecule has 1 amide bonds. The van der Waals surface area contributed by atoms with Gasteiger partial charge in [0.2, 0.25) is 0 Å². The molecule has 0 aliphatic rings. The fourth-order valence-corrected chi connectivity index (χ4v) is 2.25. The Bertz CT molecular complexity index is 884. The Balaban J connectivity index is 2.32. The largest absolute Gasteiger partial charge is 0.464 e. The number of esters is 1. The normalized spacial score (nSPS) is 12.0. The highest BCUT2D eigenvalue weighted by molar-refractivity contribution is 7.71. The van der Waals surface area contributed by atoms with Crippen molar-refractivity contribution in [2.24, 2.45) is 7.05 Å². The van der Waals surface area contributed by atoms with Gasteiger partial charge in [0.1, 0.15) is 6.04 Å². The summed E-state index contributed by atoms with van der Waals surface area (Å²) in [4.78, 5) is 38.7. The maximum Gasteiger partial charge on any atom is 0.328 e. The molecule has 7 nitrogen and oxygen atoms in total. The van der Waals surface area contributed by atoms with Gasteiger partial charge in [-0.15, -0.1) is 0 Å². The SMILES string of the molecule is CCOC(=O)C(C)NC(=O)c1ccc2c(=O)n(C)c(=S)[nH]c2c1. The first-order valence-corrected chi connectivity index (χ1v) is 7.46. The minimum absolute atomic E-state index is 0.240. The van der Waals surface area contributed by atoms with Gasteiger partial charge in [0.15, 0.2) is 4.77 Å². The van der Waals surface area contributed by atoms with Crippen LogP contribution in [-0.4, -0.2) is 34.1 Å². The number of nitrogens with one attached hydrogen (secondary N) is 2. The fourth-order valence-electron chi connectivity index (χ4n) is 2.05. The molecule has 0 bridgehead atoms. The summed E-state index contributed by atoms with van der Waals surface area (Å²) in [5, 5.41) is 2.98. The van der Waals surface area contributed by atoms with Crippen LogP contribution in [0.4, 0.5) is 0 Å². The van der Waals surface area contributed by atoms with Crippen LogP contribution in [0.25, 0.3) is 10.9 Å². The zero-order valence-electron chi connectivity index (χ0n) is 13.0. The standard InChI is InChI=1S/C15H17N3O4S/c1-4-22-14(21)8(2)16-12(19)9-5-6-10-11(7-9)17-15(23)18(3)13(10)20/h5-8H,4H2,1-3H3,(H,16,19)(H,17,23). The quantitative estimate of drug-likeness (QED) is 0.648. The molecule has 1 aromatic carbocycles. The van der Waals surface area contributed by atoms with E-state index < -0.39 is 17.9 Å². The second-order valence-corrected chi connectivity index (χ2v) is 5.39. The summed E-state index contributed by atoms with van der Waals surface area (Å²) >= 11 is 5.06. The number of hydrogen-bond acceptors (Lipinski definition) is 5. The van der Waals surface area contributed by atoms with Gasteiger partial charge in [-0.2, -0.15) is 0 Å². The van der Waals surface area contributed by atoms with Crippen molar-refractivity contribution in [3.8, 4) is 0 Å². The number of H-pyrrole nitrogens is 1. The highest BCUT2D eigenvalue weighted by atomic mass is 32.1. The lowest BCUT2D eigenvalue weighted by molar-refractivity contribution is -0.144. The van der Waals surface area contributed by atoms with Gasteiger partial charge in [0, 0.05) is 12.6 Å². The summed E-state index contributed by atoms with van der Waals surface area (Å²) in [6.45, 7) is 3.48. The summed E-state index contributed by atoms with van der Waals surface area (Å²) in [6, 6.07) is 3.83. The molecule has 2 N–H and O–H groups in total. The van der Waals surface area contributed by atoms with E-state index in [0.717, 1.165) is 0 Å². The predicted molar refractivity (Wildman–Crippen MR) is 87.9 cm³/mol. The third-order valence-corrected chi connectivity index (χ3v) is 3.73. The maximum atomic E-state index is 12.2. The van der Waals surface area contributed by atoms with Crippen LogP contribution in [0.1, 0.15) is 24.2 Å². The molecular formula is C15H17N3O4S. The number of benzene rings is 1. The lowest BCUT2D eigenvalue weighted by Crippen LogP contribution is -2.39. The summed E-state index contributed by atoms with van der Waals surface area (Å²) in [6.07, 6.45) is 0. The first-order chi connectivity index (χ1) is 10.8. The number of aromatic amines is 1. The van der Waals surface area contributed by atoms with Crippen molar-refractivity contribution in [3.05, 3.63) is 38.9 Å². The van der Waals surface area contributed by atoms with E-state index in [-0.39, 0.29) is 16.9 Å². The molecule has 122 valence electrons. The van der Waals surface area contributed by atoms with Crippen molar-refractivity contribution in [1.82, 2.24) is 14.9 Å². The molecular weight excluding hydrogens is 318 g/mol. The van der Waals surface area contributed by atoms with E-state index in [9.17, 15) is 14.4 Å². The summed E-state index contributed by atoms with van der Waals surface area (Å²) in [7, 11) is 1.57. The molecule has 0 aliphatic carbocycles. The summed E-state index contributed by atoms with van der Waals surface area (Å²) in [5.74, 6) is -0.942. The van der Waals surface area contributed by atoms with Gasteiger partial charge in [-0.05, 0) is 44.3 Å². The zero-order valence-corrected chi connectivity index (χ0v) is 13.8. The molecule has 0 radical (unpaired) electrons. The summed E-state index contributed by atoms with van der Waals surface area (Å²) < 4.78 is 6.42. The highest BCUT2D eigenvalue weighted by Crippen LogP contribution is 2.11. The second kappa shape index (κ2) is 6.74. The predicted octanol–water partition coefficient (Wildman–Crippen LogP) is 1.28. The molecule has 0 fully saturated rings. The number of rotatable bonds is 4. The van der Waals surface area contributed by atoms with E-state index in [2.05, 4.69) is 10.3 Å². The van der Waals surface area contributed by atoms with Gasteiger partial charge in [-0.3, -0.25) is 14.2 Å². The molecule has 23 heavy (non-hydrogen) atoms. The molecule has 0 spiro atoms. The minimum atomic E-state index is -0.764. The summed E-state index contributed by atoms with van der Waals surface area (Å²) in [5.41, 5.74) is 0.540. The molecule has 1 unspecified atom stereocenters. The number of nitrogens with zero attached hydrogens (tertiary/aromatic N) is 1. The van der Waals surface area contributed by atoms with Crippen molar-refractivity contribution in [1.29, 1.82) is 0 Å². The Morgan fingerprint density at radius 1 is 1.43 bits per heavy atom. The molecule has 1 atom stereocenters. The molecule has 2 aromatic rings. The third kappa shape index (κ3) is 3.48. The number of fused-ring (bicyclic) bond motifs is 1. The number of hydrogen-bond donors (Lipinski definition) is 2. The van der Waals surface area contributed by atoms with Crippen molar-refractivity contribution >= 4 is 35.0 Å². The Labute approximate surface area is 137 Å².